The fourth-order valence-corrected chi connectivity index (χ4v) is 3.98. The van der Waals surface area contributed by atoms with E-state index in [1.54, 1.807) is 31.2 Å². The quantitative estimate of drug-likeness (QED) is 0.417. The van der Waals surface area contributed by atoms with E-state index in [1.807, 2.05) is 0 Å². The second kappa shape index (κ2) is 8.42. The average molecular weight is 482 g/mol. The molecule has 0 saturated carbocycles. The molecule has 2 amide bonds. The molecule has 0 radical (unpaired) electrons. The van der Waals surface area contributed by atoms with Crippen LogP contribution in [-0.2, 0) is 10.9 Å². The number of pyridine rings is 1. The first-order valence-corrected chi connectivity index (χ1v) is 10.5. The summed E-state index contributed by atoms with van der Waals surface area (Å²) in [7, 11) is 0. The highest BCUT2D eigenvalue weighted by molar-refractivity contribution is 6.14. The molecule has 8 nitrogen and oxygen atoms in total. The molecule has 2 aromatic heterocycles. The summed E-state index contributed by atoms with van der Waals surface area (Å²) < 4.78 is 51.1. The lowest BCUT2D eigenvalue weighted by Crippen LogP contribution is -2.25. The zero-order valence-electron chi connectivity index (χ0n) is 18.2. The molecule has 35 heavy (non-hydrogen) atoms. The van der Waals surface area contributed by atoms with Crippen LogP contribution in [0.15, 0.2) is 59.1 Å². The van der Waals surface area contributed by atoms with Gasteiger partial charge >= 0.3 is 12.3 Å². The van der Waals surface area contributed by atoms with Gasteiger partial charge < -0.3 is 14.6 Å². The van der Waals surface area contributed by atoms with Crippen molar-refractivity contribution in [2.24, 2.45) is 0 Å². The van der Waals surface area contributed by atoms with Crippen LogP contribution in [0.4, 0.5) is 29.3 Å². The Morgan fingerprint density at radius 3 is 2.60 bits per heavy atom. The molecule has 1 aliphatic rings. The van der Waals surface area contributed by atoms with E-state index in [-0.39, 0.29) is 34.5 Å². The lowest BCUT2D eigenvalue weighted by Gasteiger charge is -2.18. The molecular weight excluding hydrogens is 465 g/mol. The lowest BCUT2D eigenvalue weighted by atomic mass is 10.0. The SMILES string of the molecule is Cc1noc2nc(-c3ccccc3C(F)(F)F)cc(C(=O)Nc3ccccc3N3CCOC3=O)c12. The zero-order chi connectivity index (χ0) is 24.7. The predicted molar refractivity (Wildman–Crippen MR) is 120 cm³/mol. The van der Waals surface area contributed by atoms with Crippen molar-refractivity contribution in [1.82, 2.24) is 10.1 Å². The van der Waals surface area contributed by atoms with Gasteiger partial charge in [0.1, 0.15) is 6.61 Å². The number of aromatic nitrogens is 2. The number of carbonyl (C=O) groups excluding carboxylic acids is 2. The van der Waals surface area contributed by atoms with E-state index in [1.165, 1.54) is 29.2 Å². The van der Waals surface area contributed by atoms with Crippen molar-refractivity contribution in [2.45, 2.75) is 13.1 Å². The first kappa shape index (κ1) is 22.4. The molecule has 2 aromatic carbocycles. The minimum Gasteiger partial charge on any atom is -0.447 e. The molecule has 0 aliphatic carbocycles. The van der Waals surface area contributed by atoms with Crippen molar-refractivity contribution < 1.29 is 32.0 Å². The van der Waals surface area contributed by atoms with Gasteiger partial charge in [0, 0.05) is 5.56 Å². The van der Waals surface area contributed by atoms with Crippen LogP contribution in [0.3, 0.4) is 0 Å². The molecule has 0 bridgehead atoms. The molecule has 4 aromatic rings. The number of alkyl halides is 3. The number of aryl methyl sites for hydroxylation is 1. The third-order valence-corrected chi connectivity index (χ3v) is 5.57. The molecule has 1 aliphatic heterocycles. The van der Waals surface area contributed by atoms with Gasteiger partial charge in [-0.25, -0.2) is 9.78 Å². The molecule has 0 spiro atoms. The van der Waals surface area contributed by atoms with E-state index in [9.17, 15) is 22.8 Å². The third-order valence-electron chi connectivity index (χ3n) is 5.57. The molecule has 1 saturated heterocycles. The maximum Gasteiger partial charge on any atom is 0.417 e. The molecule has 1 fully saturated rings. The smallest absolute Gasteiger partial charge is 0.417 e. The zero-order valence-corrected chi connectivity index (χ0v) is 18.2. The number of hydrogen-bond donors (Lipinski definition) is 1. The Bertz CT molecular complexity index is 1460. The molecule has 0 atom stereocenters. The van der Waals surface area contributed by atoms with Crippen LogP contribution in [0, 0.1) is 6.92 Å². The van der Waals surface area contributed by atoms with Crippen LogP contribution in [0.1, 0.15) is 21.6 Å². The largest absolute Gasteiger partial charge is 0.447 e. The predicted octanol–water partition coefficient (Wildman–Crippen LogP) is 5.43. The topological polar surface area (TPSA) is 97.6 Å². The van der Waals surface area contributed by atoms with Gasteiger partial charge in [0.2, 0.25) is 0 Å². The third kappa shape index (κ3) is 4.05. The van der Waals surface area contributed by atoms with Crippen molar-refractivity contribution in [1.29, 1.82) is 0 Å². The maximum atomic E-state index is 13.6. The van der Waals surface area contributed by atoms with Crippen molar-refractivity contribution in [3.8, 4) is 11.3 Å². The number of rotatable bonds is 4. The Labute approximate surface area is 196 Å². The minimum absolute atomic E-state index is 0.0273. The minimum atomic E-state index is -4.63. The summed E-state index contributed by atoms with van der Waals surface area (Å²) in [4.78, 5) is 31.1. The van der Waals surface area contributed by atoms with E-state index >= 15 is 0 Å². The number of nitrogens with one attached hydrogen (secondary N) is 1. The Hall–Kier alpha value is -4.41. The van der Waals surface area contributed by atoms with Crippen molar-refractivity contribution in [2.75, 3.05) is 23.4 Å². The van der Waals surface area contributed by atoms with Crippen LogP contribution in [0.2, 0.25) is 0 Å². The second-order valence-electron chi connectivity index (χ2n) is 7.78. The lowest BCUT2D eigenvalue weighted by molar-refractivity contribution is -0.137. The number of benzene rings is 2. The average Bonchev–Trinajstić information content (AvgIpc) is 3.43. The van der Waals surface area contributed by atoms with Crippen LogP contribution in [-0.4, -0.2) is 35.3 Å². The monoisotopic (exact) mass is 482 g/mol. The summed E-state index contributed by atoms with van der Waals surface area (Å²) in [6.07, 6.45) is -5.17. The van der Waals surface area contributed by atoms with Gasteiger partial charge in [-0.3, -0.25) is 9.69 Å². The van der Waals surface area contributed by atoms with Crippen molar-refractivity contribution in [3.63, 3.8) is 0 Å². The summed E-state index contributed by atoms with van der Waals surface area (Å²) in [6, 6.07) is 12.9. The molecular formula is C24H17F3N4O4. The number of amides is 2. The van der Waals surface area contributed by atoms with Gasteiger partial charge in [0.15, 0.2) is 0 Å². The highest BCUT2D eigenvalue weighted by Crippen LogP contribution is 2.38. The van der Waals surface area contributed by atoms with Crippen LogP contribution >= 0.6 is 0 Å². The Kier molecular flexibility index (Phi) is 5.39. The van der Waals surface area contributed by atoms with E-state index in [2.05, 4.69) is 15.5 Å². The van der Waals surface area contributed by atoms with E-state index in [0.29, 0.717) is 23.6 Å². The maximum absolute atomic E-state index is 13.6. The Morgan fingerprint density at radius 2 is 1.86 bits per heavy atom. The van der Waals surface area contributed by atoms with Gasteiger partial charge in [-0.05, 0) is 31.2 Å². The van der Waals surface area contributed by atoms with E-state index in [4.69, 9.17) is 9.26 Å². The standard InChI is InChI=1S/C24H17F3N4O4/c1-13-20-15(21(32)28-17-8-4-5-9-19(17)31-10-11-34-23(31)33)12-18(29-22(20)35-30-13)14-6-2-3-7-16(14)24(25,26)27/h2-9,12H,10-11H2,1H3,(H,28,32). The van der Waals surface area contributed by atoms with Crippen molar-refractivity contribution in [3.05, 3.63) is 71.4 Å². The number of cyclic esters (lactones) is 1. The highest BCUT2D eigenvalue weighted by atomic mass is 19.4. The van der Waals surface area contributed by atoms with Crippen LogP contribution < -0.4 is 10.2 Å². The Balaban J connectivity index is 1.60. The van der Waals surface area contributed by atoms with Gasteiger partial charge in [-0.2, -0.15) is 13.2 Å². The highest BCUT2D eigenvalue weighted by Gasteiger charge is 2.34. The van der Waals surface area contributed by atoms with E-state index in [0.717, 1.165) is 6.07 Å². The molecule has 5 rings (SSSR count). The number of nitrogens with zero attached hydrogens (tertiary/aromatic N) is 3. The van der Waals surface area contributed by atoms with Crippen molar-refractivity contribution >= 4 is 34.5 Å². The summed E-state index contributed by atoms with van der Waals surface area (Å²) in [6.45, 7) is 2.13. The summed E-state index contributed by atoms with van der Waals surface area (Å²) in [5, 5.41) is 6.85. The Morgan fingerprint density at radius 1 is 1.11 bits per heavy atom. The second-order valence-corrected chi connectivity index (χ2v) is 7.78. The van der Waals surface area contributed by atoms with Gasteiger partial charge in [-0.15, -0.1) is 0 Å². The first-order chi connectivity index (χ1) is 16.7. The van der Waals surface area contributed by atoms with Gasteiger partial charge in [0.25, 0.3) is 11.6 Å². The number of hydrogen-bond acceptors (Lipinski definition) is 6. The van der Waals surface area contributed by atoms with Gasteiger partial charge in [-0.1, -0.05) is 35.5 Å². The number of halogens is 3. The summed E-state index contributed by atoms with van der Waals surface area (Å²) >= 11 is 0. The number of fused-ring (bicyclic) bond motifs is 1. The fraction of sp³-hybridized carbons (Fsp3) is 0.167. The van der Waals surface area contributed by atoms with E-state index < -0.39 is 23.7 Å². The first-order valence-electron chi connectivity index (χ1n) is 10.5. The van der Waals surface area contributed by atoms with Gasteiger partial charge in [0.05, 0.1) is 45.8 Å². The van der Waals surface area contributed by atoms with Crippen LogP contribution in [0.25, 0.3) is 22.4 Å². The number of anilines is 2. The number of para-hydroxylation sites is 2. The number of ether oxygens (including phenoxy) is 1. The molecule has 0 unspecified atom stereocenters. The normalized spacial score (nSPS) is 13.8. The summed E-state index contributed by atoms with van der Waals surface area (Å²) in [5.74, 6) is -0.630. The molecule has 1 N–H and O–H groups in total. The fourth-order valence-electron chi connectivity index (χ4n) is 3.98. The summed E-state index contributed by atoms with van der Waals surface area (Å²) in [5.41, 5.74) is -0.130. The van der Waals surface area contributed by atoms with Crippen LogP contribution in [0.5, 0.6) is 0 Å². The number of carbonyl (C=O) groups is 2. The molecule has 3 heterocycles. The molecule has 178 valence electrons. The molecule has 11 heteroatoms.